The molecule has 0 radical (unpaired) electrons. The highest BCUT2D eigenvalue weighted by Crippen LogP contribution is 2.37. The number of aliphatic hydroxyl groups excluding tert-OH is 1. The number of ether oxygens (including phenoxy) is 1. The number of hydrogen-bond acceptors (Lipinski definition) is 3. The third-order valence-corrected chi connectivity index (χ3v) is 4.32. The number of hydrogen-bond donors (Lipinski definition) is 2. The van der Waals surface area contributed by atoms with Gasteiger partial charge in [-0.25, -0.2) is 0 Å². The lowest BCUT2D eigenvalue weighted by Crippen LogP contribution is -2.39. The Bertz CT molecular complexity index is 400. The average molecular weight is 263 g/mol. The molecule has 1 aliphatic carbocycles. The summed E-state index contributed by atoms with van der Waals surface area (Å²) in [6, 6.07) is 8.13. The molecular weight excluding hydrogens is 238 g/mol. The maximum absolute atomic E-state index is 10.2. The molecule has 0 bridgehead atoms. The summed E-state index contributed by atoms with van der Waals surface area (Å²) in [4.78, 5) is 0. The molecule has 1 aromatic rings. The van der Waals surface area contributed by atoms with E-state index in [1.807, 2.05) is 24.3 Å². The zero-order chi connectivity index (χ0) is 13.9. The minimum absolute atomic E-state index is 0.347. The van der Waals surface area contributed by atoms with Gasteiger partial charge in [0.15, 0.2) is 0 Å². The number of methoxy groups -OCH3 is 1. The predicted octanol–water partition coefficient (Wildman–Crippen LogP) is 2.90. The molecular formula is C16H25NO2. The minimum atomic E-state index is -0.456. The topological polar surface area (TPSA) is 41.5 Å². The average Bonchev–Trinajstić information content (AvgIpc) is 2.75. The fraction of sp³-hybridized carbons (Fsp3) is 0.625. The summed E-state index contributed by atoms with van der Waals surface area (Å²) in [6.07, 6.45) is 3.30. The van der Waals surface area contributed by atoms with Gasteiger partial charge in [0.1, 0.15) is 5.75 Å². The Morgan fingerprint density at radius 1 is 1.37 bits per heavy atom. The van der Waals surface area contributed by atoms with E-state index in [9.17, 15) is 5.11 Å². The Morgan fingerprint density at radius 2 is 2.05 bits per heavy atom. The lowest BCUT2D eigenvalue weighted by atomic mass is 9.87. The molecule has 19 heavy (non-hydrogen) atoms. The maximum Gasteiger partial charge on any atom is 0.118 e. The van der Waals surface area contributed by atoms with Crippen LogP contribution >= 0.6 is 0 Å². The van der Waals surface area contributed by atoms with Gasteiger partial charge in [0, 0.05) is 12.6 Å². The predicted molar refractivity (Wildman–Crippen MR) is 77.4 cm³/mol. The van der Waals surface area contributed by atoms with Crippen LogP contribution in [0.1, 0.15) is 44.8 Å². The number of aliphatic hydroxyl groups is 1. The van der Waals surface area contributed by atoms with Crippen LogP contribution in [0.4, 0.5) is 0 Å². The molecule has 1 fully saturated rings. The standard InChI is InChI=1S/C16H25NO2/c1-16(2)10-4-5-15(16)17-11-14(18)12-6-8-13(19-3)9-7-12/h6-9,14-15,17-18H,4-5,10-11H2,1-3H3. The summed E-state index contributed by atoms with van der Waals surface area (Å²) in [5.74, 6) is 0.820. The first-order valence-corrected chi connectivity index (χ1v) is 7.08. The second kappa shape index (κ2) is 5.93. The quantitative estimate of drug-likeness (QED) is 0.858. The Kier molecular flexibility index (Phi) is 4.48. The van der Waals surface area contributed by atoms with E-state index in [0.717, 1.165) is 11.3 Å². The molecule has 106 valence electrons. The Balaban J connectivity index is 1.88. The van der Waals surface area contributed by atoms with Gasteiger partial charge in [-0.3, -0.25) is 0 Å². The largest absolute Gasteiger partial charge is 0.497 e. The first kappa shape index (κ1) is 14.4. The van der Waals surface area contributed by atoms with Gasteiger partial charge in [-0.15, -0.1) is 0 Å². The molecule has 0 saturated heterocycles. The van der Waals surface area contributed by atoms with Crippen molar-refractivity contribution in [1.82, 2.24) is 5.32 Å². The fourth-order valence-corrected chi connectivity index (χ4v) is 2.90. The van der Waals surface area contributed by atoms with Gasteiger partial charge in [-0.05, 0) is 36.0 Å². The van der Waals surface area contributed by atoms with E-state index in [-0.39, 0.29) is 0 Å². The van der Waals surface area contributed by atoms with Gasteiger partial charge in [0.2, 0.25) is 0 Å². The van der Waals surface area contributed by atoms with Crippen LogP contribution in [0, 0.1) is 5.41 Å². The van der Waals surface area contributed by atoms with E-state index < -0.39 is 6.10 Å². The third kappa shape index (κ3) is 3.48. The Hall–Kier alpha value is -1.06. The van der Waals surface area contributed by atoms with Crippen molar-refractivity contribution in [2.24, 2.45) is 5.41 Å². The summed E-state index contributed by atoms with van der Waals surface area (Å²) in [5.41, 5.74) is 1.28. The summed E-state index contributed by atoms with van der Waals surface area (Å²) in [6.45, 7) is 5.22. The van der Waals surface area contributed by atoms with Gasteiger partial charge in [0.25, 0.3) is 0 Å². The maximum atomic E-state index is 10.2. The van der Waals surface area contributed by atoms with E-state index in [0.29, 0.717) is 18.0 Å². The van der Waals surface area contributed by atoms with Crippen LogP contribution in [0.25, 0.3) is 0 Å². The van der Waals surface area contributed by atoms with E-state index in [2.05, 4.69) is 19.2 Å². The Morgan fingerprint density at radius 3 is 2.58 bits per heavy atom. The van der Waals surface area contributed by atoms with Crippen LogP contribution in [0.3, 0.4) is 0 Å². The van der Waals surface area contributed by atoms with Gasteiger partial charge in [0.05, 0.1) is 13.2 Å². The molecule has 0 aliphatic heterocycles. The lowest BCUT2D eigenvalue weighted by molar-refractivity contribution is 0.158. The van der Waals surface area contributed by atoms with Gasteiger partial charge in [-0.1, -0.05) is 32.4 Å². The van der Waals surface area contributed by atoms with Crippen LogP contribution in [0.15, 0.2) is 24.3 Å². The highest BCUT2D eigenvalue weighted by Gasteiger charge is 2.34. The molecule has 3 nitrogen and oxygen atoms in total. The highest BCUT2D eigenvalue weighted by molar-refractivity contribution is 5.28. The second-order valence-electron chi connectivity index (χ2n) is 6.13. The fourth-order valence-electron chi connectivity index (χ4n) is 2.90. The molecule has 2 rings (SSSR count). The third-order valence-electron chi connectivity index (χ3n) is 4.32. The molecule has 0 spiro atoms. The van der Waals surface area contributed by atoms with Crippen LogP contribution in [0.5, 0.6) is 5.75 Å². The van der Waals surface area contributed by atoms with Crippen molar-refractivity contribution < 1.29 is 9.84 Å². The number of rotatable bonds is 5. The van der Waals surface area contributed by atoms with Gasteiger partial charge < -0.3 is 15.2 Å². The lowest BCUT2D eigenvalue weighted by Gasteiger charge is -2.29. The van der Waals surface area contributed by atoms with Crippen LogP contribution in [-0.4, -0.2) is 24.8 Å². The smallest absolute Gasteiger partial charge is 0.118 e. The zero-order valence-electron chi connectivity index (χ0n) is 12.1. The second-order valence-corrected chi connectivity index (χ2v) is 6.13. The molecule has 1 aliphatic rings. The summed E-state index contributed by atoms with van der Waals surface area (Å²) in [7, 11) is 1.65. The van der Waals surface area contributed by atoms with Gasteiger partial charge in [-0.2, -0.15) is 0 Å². The molecule has 1 saturated carbocycles. The normalized spacial score (nSPS) is 23.3. The zero-order valence-corrected chi connectivity index (χ0v) is 12.1. The van der Waals surface area contributed by atoms with Crippen molar-refractivity contribution in [3.05, 3.63) is 29.8 Å². The highest BCUT2D eigenvalue weighted by atomic mass is 16.5. The monoisotopic (exact) mass is 263 g/mol. The van der Waals surface area contributed by atoms with Crippen molar-refractivity contribution >= 4 is 0 Å². The molecule has 2 unspecified atom stereocenters. The van der Waals surface area contributed by atoms with E-state index in [1.165, 1.54) is 19.3 Å². The SMILES string of the molecule is COc1ccc(C(O)CNC2CCCC2(C)C)cc1. The summed E-state index contributed by atoms with van der Waals surface area (Å²) < 4.78 is 5.12. The first-order chi connectivity index (χ1) is 9.03. The van der Waals surface area contributed by atoms with Crippen molar-refractivity contribution in [3.63, 3.8) is 0 Å². The number of nitrogens with one attached hydrogen (secondary N) is 1. The first-order valence-electron chi connectivity index (χ1n) is 7.08. The summed E-state index contributed by atoms with van der Waals surface area (Å²) >= 11 is 0. The van der Waals surface area contributed by atoms with Crippen LogP contribution < -0.4 is 10.1 Å². The molecule has 0 amide bonds. The molecule has 2 N–H and O–H groups in total. The van der Waals surface area contributed by atoms with Crippen LogP contribution in [0.2, 0.25) is 0 Å². The van der Waals surface area contributed by atoms with E-state index >= 15 is 0 Å². The molecule has 0 aromatic heterocycles. The summed E-state index contributed by atoms with van der Waals surface area (Å²) in [5, 5.41) is 13.7. The van der Waals surface area contributed by atoms with Crippen molar-refractivity contribution in [2.45, 2.75) is 45.3 Å². The molecule has 0 heterocycles. The molecule has 2 atom stereocenters. The van der Waals surface area contributed by atoms with E-state index in [4.69, 9.17) is 4.74 Å². The number of benzene rings is 1. The van der Waals surface area contributed by atoms with Crippen molar-refractivity contribution in [3.8, 4) is 5.75 Å². The van der Waals surface area contributed by atoms with Crippen LogP contribution in [-0.2, 0) is 0 Å². The van der Waals surface area contributed by atoms with Crippen molar-refractivity contribution in [1.29, 1.82) is 0 Å². The van der Waals surface area contributed by atoms with E-state index in [1.54, 1.807) is 7.11 Å². The minimum Gasteiger partial charge on any atom is -0.497 e. The molecule has 3 heteroatoms. The van der Waals surface area contributed by atoms with Crippen molar-refractivity contribution in [2.75, 3.05) is 13.7 Å². The molecule has 1 aromatic carbocycles. The Labute approximate surface area is 116 Å². The van der Waals surface area contributed by atoms with Gasteiger partial charge >= 0.3 is 0 Å².